The highest BCUT2D eigenvalue weighted by molar-refractivity contribution is 8.32. The van der Waals surface area contributed by atoms with Crippen LogP contribution in [0.2, 0.25) is 0 Å². The van der Waals surface area contributed by atoms with E-state index >= 15 is 8.78 Å². The maximum atomic E-state index is 16.2. The van der Waals surface area contributed by atoms with Crippen molar-refractivity contribution in [2.45, 2.75) is 129 Å². The van der Waals surface area contributed by atoms with E-state index in [0.29, 0.717) is 72.9 Å². The lowest BCUT2D eigenvalue weighted by Gasteiger charge is -2.29. The van der Waals surface area contributed by atoms with E-state index in [-0.39, 0.29) is 37.4 Å². The zero-order valence-electron chi connectivity index (χ0n) is 41.1. The number of carbonyl (C=O) groups excluding carboxylic acids is 2. The normalized spacial score (nSPS) is 19.0. The number of aliphatic hydroxyl groups is 2. The lowest BCUT2D eigenvalue weighted by Crippen LogP contribution is -2.37. The molecular formula is C48H74F2N6O8S2. The van der Waals surface area contributed by atoms with Crippen LogP contribution in [0.25, 0.3) is 22.1 Å². The molecule has 2 N–H and O–H groups in total. The summed E-state index contributed by atoms with van der Waals surface area (Å²) in [6, 6.07) is 4.79. The van der Waals surface area contributed by atoms with E-state index in [4.69, 9.17) is 28.9 Å². The van der Waals surface area contributed by atoms with Gasteiger partial charge in [-0.1, -0.05) is 0 Å². The van der Waals surface area contributed by atoms with Crippen LogP contribution in [0, 0.1) is 11.6 Å². The fourth-order valence-electron chi connectivity index (χ4n) is 8.36. The molecule has 2 aliphatic heterocycles. The first-order chi connectivity index (χ1) is 30.7. The van der Waals surface area contributed by atoms with Crippen LogP contribution >= 0.6 is 20.1 Å². The first-order valence-electron chi connectivity index (χ1n) is 22.9. The minimum absolute atomic E-state index is 0.0166. The van der Waals surface area contributed by atoms with E-state index in [1.165, 1.54) is 24.3 Å². The van der Waals surface area contributed by atoms with Gasteiger partial charge in [-0.25, -0.2) is 48.4 Å². The molecule has 4 heterocycles. The number of benzene rings is 2. The third kappa shape index (κ3) is 13.1. The molecule has 4 atom stereocenters. The van der Waals surface area contributed by atoms with Crippen molar-refractivity contribution in [3.8, 4) is 0 Å². The van der Waals surface area contributed by atoms with Gasteiger partial charge in [0.1, 0.15) is 47.9 Å². The van der Waals surface area contributed by atoms with Crippen LogP contribution in [0.3, 0.4) is 0 Å². The molecule has 2 aliphatic rings. The van der Waals surface area contributed by atoms with Crippen molar-refractivity contribution in [3.63, 3.8) is 0 Å². The number of imidazole rings is 2. The molecule has 18 heteroatoms. The molecule has 4 aromatic rings. The molecule has 2 aromatic heterocycles. The van der Waals surface area contributed by atoms with Crippen LogP contribution in [0.4, 0.5) is 18.4 Å². The van der Waals surface area contributed by atoms with Gasteiger partial charge in [0.25, 0.3) is 0 Å². The molecule has 0 saturated carbocycles. The summed E-state index contributed by atoms with van der Waals surface area (Å²) in [6.45, 7) is 13.0. The molecule has 2 unspecified atom stereocenters. The van der Waals surface area contributed by atoms with Gasteiger partial charge in [0.15, 0.2) is 0 Å². The summed E-state index contributed by atoms with van der Waals surface area (Å²) < 4.78 is 59.7. The number of ether oxygens (including phenoxy) is 4. The summed E-state index contributed by atoms with van der Waals surface area (Å²) in [5, 5.41) is 22.9. The average Bonchev–Trinajstić information content (AvgIpc) is 4.00. The second-order valence-electron chi connectivity index (χ2n) is 21.5. The van der Waals surface area contributed by atoms with Crippen LogP contribution in [0.1, 0.15) is 127 Å². The van der Waals surface area contributed by atoms with Crippen molar-refractivity contribution < 1.29 is 47.5 Å². The first-order valence-corrected chi connectivity index (χ1v) is 29.0. The fraction of sp³-hybridized carbons (Fsp3) is 0.667. The van der Waals surface area contributed by atoms with Crippen LogP contribution in [0.15, 0.2) is 24.3 Å². The monoisotopic (exact) mass is 964 g/mol. The Kier molecular flexibility index (Phi) is 16.1. The van der Waals surface area contributed by atoms with Crippen molar-refractivity contribution in [2.75, 3.05) is 75.3 Å². The van der Waals surface area contributed by atoms with Crippen LogP contribution < -0.4 is 0 Å². The fourth-order valence-corrected chi connectivity index (χ4v) is 9.59. The smallest absolute Gasteiger partial charge is 0.410 e. The number of likely N-dealkylation sites (tertiary alicyclic amines) is 2. The largest absolute Gasteiger partial charge is 0.444 e. The van der Waals surface area contributed by atoms with Gasteiger partial charge in [-0.2, -0.15) is 0 Å². The molecule has 0 bridgehead atoms. The summed E-state index contributed by atoms with van der Waals surface area (Å²) in [7, 11) is -1.65. The quantitative estimate of drug-likeness (QED) is 0.0979. The Bertz CT molecular complexity index is 2190. The second kappa shape index (κ2) is 20.5. The van der Waals surface area contributed by atoms with Crippen LogP contribution in [-0.2, 0) is 32.4 Å². The molecule has 14 nitrogen and oxygen atoms in total. The molecule has 2 fully saturated rings. The Hall–Kier alpha value is -3.68. The number of aromatic nitrogens is 4. The van der Waals surface area contributed by atoms with Crippen LogP contribution in [-0.4, -0.2) is 138 Å². The molecule has 2 amide bonds. The average molecular weight is 965 g/mol. The number of hydrogen-bond acceptors (Lipinski definition) is 10. The van der Waals surface area contributed by atoms with Gasteiger partial charge in [-0.15, -0.1) is 0 Å². The summed E-state index contributed by atoms with van der Waals surface area (Å²) >= 11 is 0. The number of aliphatic hydroxyl groups excluding tert-OH is 2. The van der Waals surface area contributed by atoms with Crippen molar-refractivity contribution in [3.05, 3.63) is 58.7 Å². The SMILES string of the molecule is CC(C)(C)OC(=O)N1CCC[C@H]1c1nc2cc(C(O)CCC(O)c3cc4nc([C@@H]5CCCN5C(=O)OC(C)(C)C)n(COCCS(C)(C)C)c4cc3F)c(F)cc2n1COCCS(C)(C)C. The van der Waals surface area contributed by atoms with Gasteiger partial charge >= 0.3 is 12.2 Å². The molecule has 2 saturated heterocycles. The predicted octanol–water partition coefficient (Wildman–Crippen LogP) is 9.69. The van der Waals surface area contributed by atoms with E-state index in [9.17, 15) is 19.8 Å². The van der Waals surface area contributed by atoms with Crippen molar-refractivity contribution in [1.82, 2.24) is 28.9 Å². The minimum Gasteiger partial charge on any atom is -0.444 e. The standard InChI is InChI=1S/C48H74F2N6O8S2/c1-47(2,3)63-45(59)53-19-13-15-37(53)43-51-35-25-31(33(49)27-39(35)55(43)29-61-21-23-65(7,8)9)41(57)17-18-42(58)32-26-36-40(28-34(32)50)56(30-62-22-24-66(10,11)12)44(52-36)38-16-14-20-54(38)46(60)64-48(4,5)6/h25-28,37-38,41-42,57-58H,13-24,29-30H2,1-12H3/t37-,38-,41?,42?/m0/s1. The maximum absolute atomic E-state index is 16.2. The predicted molar refractivity (Wildman–Crippen MR) is 261 cm³/mol. The number of hydrogen-bond donors (Lipinski definition) is 2. The maximum Gasteiger partial charge on any atom is 0.410 e. The van der Waals surface area contributed by atoms with Gasteiger partial charge in [-0.3, -0.25) is 9.80 Å². The van der Waals surface area contributed by atoms with Gasteiger partial charge in [0.05, 0.1) is 59.6 Å². The Morgan fingerprint density at radius 1 is 0.667 bits per heavy atom. The lowest BCUT2D eigenvalue weighted by atomic mass is 9.98. The highest BCUT2D eigenvalue weighted by Gasteiger charge is 2.38. The third-order valence-electron chi connectivity index (χ3n) is 11.7. The molecule has 66 heavy (non-hydrogen) atoms. The van der Waals surface area contributed by atoms with Gasteiger partial charge in [0.2, 0.25) is 0 Å². The second-order valence-corrected chi connectivity index (χ2v) is 30.6. The van der Waals surface area contributed by atoms with Gasteiger partial charge < -0.3 is 38.3 Å². The van der Waals surface area contributed by atoms with E-state index in [1.54, 1.807) is 18.9 Å². The number of amides is 2. The van der Waals surface area contributed by atoms with Crippen molar-refractivity contribution in [2.24, 2.45) is 0 Å². The van der Waals surface area contributed by atoms with E-state index in [2.05, 4.69) is 37.5 Å². The van der Waals surface area contributed by atoms with E-state index < -0.39 is 79.4 Å². The number of nitrogens with zero attached hydrogens (tertiary/aromatic N) is 6. The van der Waals surface area contributed by atoms with E-state index in [1.807, 2.05) is 41.5 Å². The number of carbonyl (C=O) groups is 2. The number of rotatable bonds is 17. The molecular weight excluding hydrogens is 891 g/mol. The zero-order chi connectivity index (χ0) is 48.5. The third-order valence-corrected chi connectivity index (χ3v) is 14.5. The molecule has 370 valence electrons. The summed E-state index contributed by atoms with van der Waals surface area (Å²) in [5.74, 6) is 1.49. The number of halogens is 2. The van der Waals surface area contributed by atoms with Crippen molar-refractivity contribution in [1.29, 1.82) is 0 Å². The topological polar surface area (TPSA) is 154 Å². The summed E-state index contributed by atoms with van der Waals surface area (Å²) in [6.07, 6.45) is 12.2. The van der Waals surface area contributed by atoms with Crippen LogP contribution in [0.5, 0.6) is 0 Å². The molecule has 0 radical (unpaired) electrons. The highest BCUT2D eigenvalue weighted by Crippen LogP contribution is 2.40. The Morgan fingerprint density at radius 3 is 1.36 bits per heavy atom. The summed E-state index contributed by atoms with van der Waals surface area (Å²) in [4.78, 5) is 39.9. The lowest BCUT2D eigenvalue weighted by molar-refractivity contribution is 0.0196. The van der Waals surface area contributed by atoms with E-state index in [0.717, 1.165) is 24.3 Å². The van der Waals surface area contributed by atoms with Gasteiger partial charge in [0, 0.05) is 47.9 Å². The summed E-state index contributed by atoms with van der Waals surface area (Å²) in [5.41, 5.74) is 0.327. The Balaban J connectivity index is 1.25. The van der Waals surface area contributed by atoms with Gasteiger partial charge in [-0.05, 0) is 130 Å². The Labute approximate surface area is 392 Å². The minimum atomic E-state index is -1.36. The number of fused-ring (bicyclic) bond motifs is 2. The zero-order valence-corrected chi connectivity index (χ0v) is 42.8. The molecule has 2 aromatic carbocycles. The molecule has 6 rings (SSSR count). The Morgan fingerprint density at radius 2 is 1.03 bits per heavy atom. The highest BCUT2D eigenvalue weighted by atomic mass is 32.3. The molecule has 0 aliphatic carbocycles. The van der Waals surface area contributed by atoms with Crippen molar-refractivity contribution >= 4 is 54.3 Å². The molecule has 0 spiro atoms. The first kappa shape index (κ1) is 51.7.